The fourth-order valence-corrected chi connectivity index (χ4v) is 3.75. The molecule has 4 nitrogen and oxygen atoms in total. The van der Waals surface area contributed by atoms with Crippen molar-refractivity contribution in [2.75, 3.05) is 7.05 Å². The minimum absolute atomic E-state index is 0.0729. The van der Waals surface area contributed by atoms with Crippen molar-refractivity contribution >= 4 is 27.7 Å². The van der Waals surface area contributed by atoms with Crippen LogP contribution in [0, 0.1) is 6.92 Å². The number of benzene rings is 3. The highest BCUT2D eigenvalue weighted by Gasteiger charge is 2.29. The lowest BCUT2D eigenvalue weighted by atomic mass is 10.0. The Labute approximate surface area is 192 Å². The van der Waals surface area contributed by atoms with E-state index < -0.39 is 6.04 Å². The van der Waals surface area contributed by atoms with E-state index in [2.05, 4.69) is 21.2 Å². The molecule has 0 saturated carbocycles. The largest absolute Gasteiger partial charge is 0.357 e. The third kappa shape index (κ3) is 6.53. The molecule has 3 aromatic rings. The smallest absolute Gasteiger partial charge is 0.242 e. The van der Waals surface area contributed by atoms with Gasteiger partial charge in [0, 0.05) is 24.5 Å². The van der Waals surface area contributed by atoms with E-state index in [1.165, 1.54) is 0 Å². The molecule has 31 heavy (non-hydrogen) atoms. The van der Waals surface area contributed by atoms with E-state index in [1.54, 1.807) is 11.9 Å². The third-order valence-corrected chi connectivity index (χ3v) is 5.79. The Morgan fingerprint density at radius 2 is 1.48 bits per heavy atom. The standard InChI is InChI=1S/C26H27BrN2O2/c1-19-8-10-21(11-9-19)17-25(30)29(18-22-12-14-23(27)15-13-22)24(26(31)28-2)16-20-6-4-3-5-7-20/h3-15,24H,16-18H2,1-2H3,(H,28,31)/t24-/m0/s1. The van der Waals surface area contributed by atoms with Crippen LogP contribution in [-0.4, -0.2) is 29.8 Å². The summed E-state index contributed by atoms with van der Waals surface area (Å²) in [6, 6.07) is 25.0. The predicted octanol–water partition coefficient (Wildman–Crippen LogP) is 4.69. The third-order valence-electron chi connectivity index (χ3n) is 5.26. The summed E-state index contributed by atoms with van der Waals surface area (Å²) in [4.78, 5) is 28.1. The number of amides is 2. The molecule has 0 aromatic heterocycles. The molecule has 160 valence electrons. The molecule has 0 radical (unpaired) electrons. The minimum Gasteiger partial charge on any atom is -0.357 e. The van der Waals surface area contributed by atoms with Crippen LogP contribution in [0.1, 0.15) is 22.3 Å². The lowest BCUT2D eigenvalue weighted by Crippen LogP contribution is -2.50. The van der Waals surface area contributed by atoms with E-state index in [9.17, 15) is 9.59 Å². The number of hydrogen-bond donors (Lipinski definition) is 1. The van der Waals surface area contributed by atoms with Crippen molar-refractivity contribution in [3.05, 3.63) is 106 Å². The van der Waals surface area contributed by atoms with Crippen LogP contribution in [0.4, 0.5) is 0 Å². The molecule has 1 N–H and O–H groups in total. The first-order valence-electron chi connectivity index (χ1n) is 10.3. The van der Waals surface area contributed by atoms with Crippen LogP contribution >= 0.6 is 15.9 Å². The van der Waals surface area contributed by atoms with Crippen molar-refractivity contribution in [2.24, 2.45) is 0 Å². The monoisotopic (exact) mass is 478 g/mol. The second-order valence-corrected chi connectivity index (χ2v) is 8.55. The summed E-state index contributed by atoms with van der Waals surface area (Å²) in [7, 11) is 1.61. The lowest BCUT2D eigenvalue weighted by Gasteiger charge is -2.31. The minimum atomic E-state index is -0.603. The number of hydrogen-bond acceptors (Lipinski definition) is 2. The fourth-order valence-electron chi connectivity index (χ4n) is 3.49. The van der Waals surface area contributed by atoms with Crippen molar-refractivity contribution in [1.82, 2.24) is 10.2 Å². The summed E-state index contributed by atoms with van der Waals surface area (Å²) in [6.07, 6.45) is 0.704. The van der Waals surface area contributed by atoms with Gasteiger partial charge in [0.05, 0.1) is 6.42 Å². The van der Waals surface area contributed by atoms with Gasteiger partial charge < -0.3 is 10.2 Å². The van der Waals surface area contributed by atoms with Crippen molar-refractivity contribution in [2.45, 2.75) is 32.4 Å². The highest BCUT2D eigenvalue weighted by atomic mass is 79.9. The number of nitrogens with zero attached hydrogens (tertiary/aromatic N) is 1. The normalized spacial score (nSPS) is 11.6. The van der Waals surface area contributed by atoms with Crippen LogP contribution in [0.5, 0.6) is 0 Å². The van der Waals surface area contributed by atoms with Gasteiger partial charge >= 0.3 is 0 Å². The highest BCUT2D eigenvalue weighted by molar-refractivity contribution is 9.10. The number of nitrogens with one attached hydrogen (secondary N) is 1. The lowest BCUT2D eigenvalue weighted by molar-refractivity contribution is -0.140. The summed E-state index contributed by atoms with van der Waals surface area (Å²) in [5, 5.41) is 2.75. The van der Waals surface area contributed by atoms with Gasteiger partial charge in [0.2, 0.25) is 11.8 Å². The van der Waals surface area contributed by atoms with E-state index in [1.807, 2.05) is 85.8 Å². The zero-order chi connectivity index (χ0) is 22.2. The molecule has 2 amide bonds. The Bertz CT molecular complexity index is 1000. The first kappa shape index (κ1) is 22.8. The SMILES string of the molecule is CNC(=O)[C@H](Cc1ccccc1)N(Cc1ccc(Br)cc1)C(=O)Cc1ccc(C)cc1. The van der Waals surface area contributed by atoms with E-state index >= 15 is 0 Å². The Morgan fingerprint density at radius 3 is 2.10 bits per heavy atom. The maximum atomic E-state index is 13.5. The van der Waals surface area contributed by atoms with Crippen molar-refractivity contribution in [1.29, 1.82) is 0 Å². The van der Waals surface area contributed by atoms with E-state index in [4.69, 9.17) is 0 Å². The number of likely N-dealkylation sites (N-methyl/N-ethyl adjacent to an activating group) is 1. The number of halogens is 1. The second kappa shape index (κ2) is 10.9. The molecule has 3 rings (SSSR count). The molecule has 0 unspecified atom stereocenters. The Hall–Kier alpha value is -2.92. The van der Waals surface area contributed by atoms with Gasteiger partial charge in [0.25, 0.3) is 0 Å². The zero-order valence-electron chi connectivity index (χ0n) is 17.8. The number of carbonyl (C=O) groups excluding carboxylic acids is 2. The van der Waals surface area contributed by atoms with Gasteiger partial charge in [0.1, 0.15) is 6.04 Å². The Kier molecular flexibility index (Phi) is 8.01. The molecule has 1 atom stereocenters. The average Bonchev–Trinajstić information content (AvgIpc) is 2.79. The molecule has 0 fully saturated rings. The Balaban J connectivity index is 1.92. The summed E-state index contributed by atoms with van der Waals surface area (Å²) in [6.45, 7) is 2.38. The van der Waals surface area contributed by atoms with Gasteiger partial charge in [0.15, 0.2) is 0 Å². The molecule has 0 aliphatic rings. The zero-order valence-corrected chi connectivity index (χ0v) is 19.4. The summed E-state index contributed by atoms with van der Waals surface area (Å²) >= 11 is 3.45. The van der Waals surface area contributed by atoms with Crippen molar-refractivity contribution < 1.29 is 9.59 Å². The topological polar surface area (TPSA) is 49.4 Å². The van der Waals surface area contributed by atoms with Crippen LogP contribution < -0.4 is 5.32 Å². The van der Waals surface area contributed by atoms with Gasteiger partial charge in [-0.05, 0) is 35.7 Å². The maximum absolute atomic E-state index is 13.5. The van der Waals surface area contributed by atoms with E-state index in [0.29, 0.717) is 13.0 Å². The van der Waals surface area contributed by atoms with Crippen LogP contribution in [0.15, 0.2) is 83.3 Å². The second-order valence-electron chi connectivity index (χ2n) is 7.63. The molecule has 3 aromatic carbocycles. The van der Waals surface area contributed by atoms with Gasteiger partial charge in [-0.3, -0.25) is 9.59 Å². The maximum Gasteiger partial charge on any atom is 0.242 e. The summed E-state index contributed by atoms with van der Waals surface area (Å²) in [5.41, 5.74) is 4.07. The fraction of sp³-hybridized carbons (Fsp3) is 0.231. The van der Waals surface area contributed by atoms with Crippen LogP contribution in [0.2, 0.25) is 0 Å². The van der Waals surface area contributed by atoms with Crippen molar-refractivity contribution in [3.8, 4) is 0 Å². The van der Waals surface area contributed by atoms with E-state index in [-0.39, 0.29) is 18.2 Å². The first-order chi connectivity index (χ1) is 15.0. The molecule has 0 spiro atoms. The van der Waals surface area contributed by atoms with Gasteiger partial charge in [-0.1, -0.05) is 88.2 Å². The van der Waals surface area contributed by atoms with Gasteiger partial charge in [-0.25, -0.2) is 0 Å². The molecule has 0 aliphatic heterocycles. The quantitative estimate of drug-likeness (QED) is 0.510. The van der Waals surface area contributed by atoms with Gasteiger partial charge in [-0.15, -0.1) is 0 Å². The van der Waals surface area contributed by atoms with Crippen molar-refractivity contribution in [3.63, 3.8) is 0 Å². The Morgan fingerprint density at radius 1 is 0.871 bits per heavy atom. The average molecular weight is 479 g/mol. The van der Waals surface area contributed by atoms with Gasteiger partial charge in [-0.2, -0.15) is 0 Å². The molecular weight excluding hydrogens is 452 g/mol. The van der Waals surface area contributed by atoms with E-state index in [0.717, 1.165) is 26.7 Å². The highest BCUT2D eigenvalue weighted by Crippen LogP contribution is 2.18. The molecule has 5 heteroatoms. The molecule has 0 heterocycles. The summed E-state index contributed by atoms with van der Waals surface area (Å²) in [5.74, 6) is -0.241. The molecular formula is C26H27BrN2O2. The predicted molar refractivity (Wildman–Crippen MR) is 128 cm³/mol. The number of carbonyl (C=O) groups is 2. The molecule has 0 saturated heterocycles. The van der Waals surface area contributed by atoms with Crippen LogP contribution in [-0.2, 0) is 29.0 Å². The molecule has 0 aliphatic carbocycles. The summed E-state index contributed by atoms with van der Waals surface area (Å²) < 4.78 is 0.973. The van der Waals surface area contributed by atoms with Crippen LogP contribution in [0.3, 0.4) is 0 Å². The molecule has 0 bridgehead atoms. The number of aryl methyl sites for hydroxylation is 1. The number of rotatable bonds is 8. The van der Waals surface area contributed by atoms with Crippen LogP contribution in [0.25, 0.3) is 0 Å². The first-order valence-corrected chi connectivity index (χ1v) is 11.1.